The van der Waals surface area contributed by atoms with Gasteiger partial charge in [0.15, 0.2) is 5.11 Å². The Hall–Kier alpha value is -1.14. The maximum Gasteiger partial charge on any atom is 0.172 e. The molecule has 2 rings (SSSR count). The summed E-state index contributed by atoms with van der Waals surface area (Å²) in [6.45, 7) is 1.35. The molecule has 5 nitrogen and oxygen atoms in total. The lowest BCUT2D eigenvalue weighted by Gasteiger charge is -2.24. The maximum atomic E-state index is 5.26. The average Bonchev–Trinajstić information content (AvgIpc) is 2.88. The fraction of sp³-hybridized carbons (Fsp3) is 0.692. The van der Waals surface area contributed by atoms with Crippen LogP contribution in [0.4, 0.5) is 5.82 Å². The van der Waals surface area contributed by atoms with Gasteiger partial charge < -0.3 is 15.4 Å². The Balaban J connectivity index is 1.89. The maximum absolute atomic E-state index is 5.26. The zero-order valence-corrected chi connectivity index (χ0v) is 12.2. The minimum atomic E-state index is 0.507. The van der Waals surface area contributed by atoms with Gasteiger partial charge in [-0.25, -0.2) is 4.68 Å². The predicted molar refractivity (Wildman–Crippen MR) is 80.4 cm³/mol. The van der Waals surface area contributed by atoms with Crippen LogP contribution >= 0.6 is 12.2 Å². The van der Waals surface area contributed by atoms with Crippen molar-refractivity contribution in [1.82, 2.24) is 15.1 Å². The Bertz CT molecular complexity index is 401. The van der Waals surface area contributed by atoms with E-state index in [0.29, 0.717) is 24.3 Å². The first kappa shape index (κ1) is 14.3. The van der Waals surface area contributed by atoms with Crippen LogP contribution in [0.3, 0.4) is 0 Å². The molecule has 0 radical (unpaired) electrons. The first-order valence-electron chi connectivity index (χ1n) is 6.88. The molecule has 0 spiro atoms. The van der Waals surface area contributed by atoms with Crippen LogP contribution in [0.2, 0.25) is 0 Å². The molecular formula is C13H22N4OS. The molecule has 1 aliphatic rings. The summed E-state index contributed by atoms with van der Waals surface area (Å²) in [6, 6.07) is 2.48. The van der Waals surface area contributed by atoms with Crippen molar-refractivity contribution in [2.45, 2.75) is 38.1 Å². The molecule has 1 aromatic heterocycles. The van der Waals surface area contributed by atoms with Crippen molar-refractivity contribution in [3.05, 3.63) is 12.3 Å². The van der Waals surface area contributed by atoms with Crippen LogP contribution in [0.15, 0.2) is 12.3 Å². The molecule has 19 heavy (non-hydrogen) atoms. The molecular weight excluding hydrogens is 260 g/mol. The average molecular weight is 282 g/mol. The number of hydrogen-bond acceptors (Lipinski definition) is 3. The first-order valence-corrected chi connectivity index (χ1v) is 7.29. The van der Waals surface area contributed by atoms with Crippen LogP contribution in [0.5, 0.6) is 0 Å². The van der Waals surface area contributed by atoms with Gasteiger partial charge in [0.1, 0.15) is 5.82 Å². The van der Waals surface area contributed by atoms with Gasteiger partial charge >= 0.3 is 0 Å². The third-order valence-electron chi connectivity index (χ3n) is 3.42. The van der Waals surface area contributed by atoms with Gasteiger partial charge in [0.25, 0.3) is 0 Å². The van der Waals surface area contributed by atoms with Crippen LogP contribution in [0, 0.1) is 0 Å². The van der Waals surface area contributed by atoms with E-state index >= 15 is 0 Å². The Kier molecular flexibility index (Phi) is 5.60. The molecule has 0 aromatic carbocycles. The highest BCUT2D eigenvalue weighted by Crippen LogP contribution is 2.29. The number of thiocarbonyl (C=S) groups is 1. The van der Waals surface area contributed by atoms with Crippen LogP contribution < -0.4 is 10.6 Å². The minimum absolute atomic E-state index is 0.507. The second kappa shape index (κ2) is 7.45. The standard InChI is InChI=1S/C13H22N4OS/c1-18-10-9-14-13(19)16-12-7-8-15-17(12)11-5-3-2-4-6-11/h7-8,11H,2-6,9-10H2,1H3,(H2,14,16,19). The zero-order valence-electron chi connectivity index (χ0n) is 11.4. The summed E-state index contributed by atoms with van der Waals surface area (Å²) in [4.78, 5) is 0. The van der Waals surface area contributed by atoms with E-state index in [0.717, 1.165) is 5.82 Å². The Morgan fingerprint density at radius 2 is 2.26 bits per heavy atom. The van der Waals surface area contributed by atoms with Gasteiger partial charge in [-0.2, -0.15) is 5.10 Å². The minimum Gasteiger partial charge on any atom is -0.383 e. The molecule has 0 amide bonds. The molecule has 106 valence electrons. The van der Waals surface area contributed by atoms with E-state index in [9.17, 15) is 0 Å². The lowest BCUT2D eigenvalue weighted by Crippen LogP contribution is -2.32. The van der Waals surface area contributed by atoms with E-state index < -0.39 is 0 Å². The number of methoxy groups -OCH3 is 1. The van der Waals surface area contributed by atoms with E-state index in [2.05, 4.69) is 20.4 Å². The van der Waals surface area contributed by atoms with Crippen LogP contribution in [0.25, 0.3) is 0 Å². The van der Waals surface area contributed by atoms with Gasteiger partial charge in [-0.1, -0.05) is 19.3 Å². The number of nitrogens with one attached hydrogen (secondary N) is 2. The number of anilines is 1. The van der Waals surface area contributed by atoms with E-state index in [4.69, 9.17) is 17.0 Å². The van der Waals surface area contributed by atoms with Gasteiger partial charge in [0, 0.05) is 19.7 Å². The van der Waals surface area contributed by atoms with Gasteiger partial charge in [-0.15, -0.1) is 0 Å². The second-order valence-electron chi connectivity index (χ2n) is 4.83. The topological polar surface area (TPSA) is 51.1 Å². The van der Waals surface area contributed by atoms with Gasteiger partial charge in [0.05, 0.1) is 18.8 Å². The summed E-state index contributed by atoms with van der Waals surface area (Å²) >= 11 is 5.26. The van der Waals surface area contributed by atoms with Crippen molar-refractivity contribution in [1.29, 1.82) is 0 Å². The van der Waals surface area contributed by atoms with Crippen molar-refractivity contribution in [3.8, 4) is 0 Å². The number of hydrogen-bond donors (Lipinski definition) is 2. The summed E-state index contributed by atoms with van der Waals surface area (Å²) in [5.74, 6) is 0.974. The van der Waals surface area contributed by atoms with Crippen molar-refractivity contribution < 1.29 is 4.74 Å². The number of rotatable bonds is 5. The fourth-order valence-electron chi connectivity index (χ4n) is 2.46. The second-order valence-corrected chi connectivity index (χ2v) is 5.23. The largest absolute Gasteiger partial charge is 0.383 e. The predicted octanol–water partition coefficient (Wildman–Crippen LogP) is 2.32. The lowest BCUT2D eigenvalue weighted by molar-refractivity contribution is 0.204. The summed E-state index contributed by atoms with van der Waals surface area (Å²) in [5.41, 5.74) is 0. The lowest BCUT2D eigenvalue weighted by atomic mass is 9.96. The fourth-order valence-corrected chi connectivity index (χ4v) is 2.66. The third-order valence-corrected chi connectivity index (χ3v) is 3.67. The summed E-state index contributed by atoms with van der Waals surface area (Å²) in [6.07, 6.45) is 8.17. The highest BCUT2D eigenvalue weighted by Gasteiger charge is 2.18. The van der Waals surface area contributed by atoms with Crippen molar-refractivity contribution >= 4 is 23.1 Å². The molecule has 6 heteroatoms. The van der Waals surface area contributed by atoms with Gasteiger partial charge in [0.2, 0.25) is 0 Å². The first-order chi connectivity index (χ1) is 9.31. The normalized spacial score (nSPS) is 16.3. The molecule has 0 atom stereocenters. The summed E-state index contributed by atoms with van der Waals surface area (Å²) in [7, 11) is 1.68. The molecule has 0 unspecified atom stereocenters. The quantitative estimate of drug-likeness (QED) is 0.641. The number of ether oxygens (including phenoxy) is 1. The third kappa shape index (κ3) is 4.18. The van der Waals surface area contributed by atoms with Gasteiger partial charge in [-0.3, -0.25) is 0 Å². The SMILES string of the molecule is COCCNC(=S)Nc1ccnn1C1CCCCC1. The molecule has 1 heterocycles. The van der Waals surface area contributed by atoms with Crippen molar-refractivity contribution in [2.75, 3.05) is 25.6 Å². The van der Waals surface area contributed by atoms with E-state index in [1.165, 1.54) is 32.1 Å². The molecule has 1 saturated carbocycles. The summed E-state index contributed by atoms with van der Waals surface area (Å²) in [5, 5.41) is 11.4. The molecule has 0 aliphatic heterocycles. The number of nitrogens with zero attached hydrogens (tertiary/aromatic N) is 2. The molecule has 1 aliphatic carbocycles. The van der Waals surface area contributed by atoms with Crippen molar-refractivity contribution in [3.63, 3.8) is 0 Å². The van der Waals surface area contributed by atoms with E-state index in [-0.39, 0.29) is 0 Å². The molecule has 1 aromatic rings. The molecule has 0 saturated heterocycles. The highest BCUT2D eigenvalue weighted by molar-refractivity contribution is 7.80. The smallest absolute Gasteiger partial charge is 0.172 e. The molecule has 1 fully saturated rings. The van der Waals surface area contributed by atoms with Crippen LogP contribution in [0.1, 0.15) is 38.1 Å². The van der Waals surface area contributed by atoms with Crippen LogP contribution in [-0.4, -0.2) is 35.2 Å². The van der Waals surface area contributed by atoms with Crippen LogP contribution in [-0.2, 0) is 4.74 Å². The monoisotopic (exact) mass is 282 g/mol. The Labute approximate surface area is 119 Å². The van der Waals surface area contributed by atoms with E-state index in [1.54, 1.807) is 7.11 Å². The Morgan fingerprint density at radius 1 is 1.47 bits per heavy atom. The molecule has 2 N–H and O–H groups in total. The number of aromatic nitrogens is 2. The zero-order chi connectivity index (χ0) is 13.5. The van der Waals surface area contributed by atoms with E-state index in [1.807, 2.05) is 12.3 Å². The summed E-state index contributed by atoms with van der Waals surface area (Å²) < 4.78 is 7.05. The van der Waals surface area contributed by atoms with Crippen molar-refractivity contribution in [2.24, 2.45) is 0 Å². The van der Waals surface area contributed by atoms with Gasteiger partial charge in [-0.05, 0) is 25.1 Å². The molecule has 0 bridgehead atoms. The highest BCUT2D eigenvalue weighted by atomic mass is 32.1. The Morgan fingerprint density at radius 3 is 3.00 bits per heavy atom.